The second-order valence-corrected chi connectivity index (χ2v) is 7.58. The smallest absolute Gasteiger partial charge is 0.416 e. The van der Waals surface area contributed by atoms with Crippen LogP contribution in [0.1, 0.15) is 24.0 Å². The Morgan fingerprint density at radius 2 is 1.97 bits per heavy atom. The number of fused-ring (bicyclic) bond motifs is 1. The topological polar surface area (TPSA) is 51.2 Å². The number of hydrogen-bond acceptors (Lipinski definition) is 4. The van der Waals surface area contributed by atoms with Crippen molar-refractivity contribution >= 4 is 27.9 Å². The number of hydrogen-bond donors (Lipinski definition) is 1. The molecule has 1 aliphatic heterocycles. The Hall–Kier alpha value is -3.13. The largest absolute Gasteiger partial charge is 0.493 e. The van der Waals surface area contributed by atoms with Crippen molar-refractivity contribution < 1.29 is 22.7 Å². The molecule has 4 rings (SSSR count). The van der Waals surface area contributed by atoms with E-state index in [0.717, 1.165) is 23.4 Å². The zero-order valence-corrected chi connectivity index (χ0v) is 16.5. The van der Waals surface area contributed by atoms with Crippen molar-refractivity contribution in [3.8, 4) is 17.0 Å². The van der Waals surface area contributed by atoms with Gasteiger partial charge in [0.25, 0.3) is 0 Å². The Labute approximate surface area is 175 Å². The van der Waals surface area contributed by atoms with Gasteiger partial charge in [-0.25, -0.2) is 4.98 Å². The van der Waals surface area contributed by atoms with Gasteiger partial charge < -0.3 is 4.74 Å². The summed E-state index contributed by atoms with van der Waals surface area (Å²) in [4.78, 5) is 17.0. The summed E-state index contributed by atoms with van der Waals surface area (Å²) in [6, 6.07) is 12.9. The maximum atomic E-state index is 13.0. The molecule has 154 valence electrons. The summed E-state index contributed by atoms with van der Waals surface area (Å²) < 4.78 is 44.5. The van der Waals surface area contributed by atoms with E-state index in [1.54, 1.807) is 0 Å². The SMILES string of the molecule is O=C(C=C1CCCOc2cc(C(F)(F)F)ccc21)Nc1nc(-c2ccccc2)cs1. The third kappa shape index (κ3) is 4.54. The first-order valence-corrected chi connectivity index (χ1v) is 10.1. The van der Waals surface area contributed by atoms with Crippen molar-refractivity contribution in [2.45, 2.75) is 19.0 Å². The van der Waals surface area contributed by atoms with Crippen LogP contribution < -0.4 is 10.1 Å². The van der Waals surface area contributed by atoms with Crippen LogP contribution in [0.3, 0.4) is 0 Å². The van der Waals surface area contributed by atoms with E-state index in [2.05, 4.69) is 10.3 Å². The second-order valence-electron chi connectivity index (χ2n) is 6.72. The molecule has 30 heavy (non-hydrogen) atoms. The number of alkyl halides is 3. The summed E-state index contributed by atoms with van der Waals surface area (Å²) in [7, 11) is 0. The zero-order valence-electron chi connectivity index (χ0n) is 15.7. The molecular weight excluding hydrogens is 413 g/mol. The van der Waals surface area contributed by atoms with E-state index >= 15 is 0 Å². The predicted molar refractivity (Wildman–Crippen MR) is 110 cm³/mol. The molecule has 2 heterocycles. The molecule has 0 radical (unpaired) electrons. The van der Waals surface area contributed by atoms with Crippen molar-refractivity contribution in [3.63, 3.8) is 0 Å². The van der Waals surface area contributed by atoms with Gasteiger partial charge in [0.1, 0.15) is 5.75 Å². The van der Waals surface area contributed by atoms with E-state index in [9.17, 15) is 18.0 Å². The number of carbonyl (C=O) groups excluding carboxylic acids is 1. The molecule has 3 aromatic rings. The summed E-state index contributed by atoms with van der Waals surface area (Å²) in [6.07, 6.45) is -1.92. The lowest BCUT2D eigenvalue weighted by molar-refractivity contribution is -0.137. The van der Waals surface area contributed by atoms with Crippen LogP contribution in [0.5, 0.6) is 5.75 Å². The van der Waals surface area contributed by atoms with E-state index in [1.807, 2.05) is 35.7 Å². The zero-order chi connectivity index (χ0) is 21.1. The standard InChI is InChI=1S/C22H17F3N2O2S/c23-22(24,25)16-8-9-17-15(7-4-10-29-19(17)12-16)11-20(28)27-21-26-18(13-30-21)14-5-2-1-3-6-14/h1-3,5-6,8-9,11-13H,4,7,10H2,(H,26,27,28). The Morgan fingerprint density at radius 3 is 2.73 bits per heavy atom. The van der Waals surface area contributed by atoms with Gasteiger partial charge in [0.15, 0.2) is 5.13 Å². The van der Waals surface area contributed by atoms with Crippen LogP contribution >= 0.6 is 11.3 Å². The molecule has 4 nitrogen and oxygen atoms in total. The molecule has 0 fully saturated rings. The highest BCUT2D eigenvalue weighted by molar-refractivity contribution is 7.14. The molecule has 8 heteroatoms. The third-order valence-electron chi connectivity index (χ3n) is 4.61. The molecule has 0 saturated carbocycles. The number of aromatic nitrogens is 1. The summed E-state index contributed by atoms with van der Waals surface area (Å²) >= 11 is 1.31. The summed E-state index contributed by atoms with van der Waals surface area (Å²) in [5.41, 5.74) is 2.07. The first-order chi connectivity index (χ1) is 14.4. The summed E-state index contributed by atoms with van der Waals surface area (Å²) in [6.45, 7) is 0.292. The molecule has 0 saturated heterocycles. The quantitative estimate of drug-likeness (QED) is 0.517. The number of thiazole rings is 1. The fraction of sp³-hybridized carbons (Fsp3) is 0.182. The molecular formula is C22H17F3N2O2S. The first kappa shape index (κ1) is 20.2. The van der Waals surface area contributed by atoms with E-state index in [0.29, 0.717) is 35.7 Å². The van der Waals surface area contributed by atoms with Crippen molar-refractivity contribution in [1.82, 2.24) is 4.98 Å². The molecule has 0 spiro atoms. The number of anilines is 1. The number of carbonyl (C=O) groups is 1. The van der Waals surface area contributed by atoms with Gasteiger partial charge in [-0.3, -0.25) is 10.1 Å². The Bertz CT molecular complexity index is 1090. The van der Waals surface area contributed by atoms with Crippen LogP contribution in [0.25, 0.3) is 16.8 Å². The lowest BCUT2D eigenvalue weighted by Crippen LogP contribution is -2.09. The average Bonchev–Trinajstić information content (AvgIpc) is 3.09. The van der Waals surface area contributed by atoms with E-state index in [4.69, 9.17) is 4.74 Å². The van der Waals surface area contributed by atoms with Gasteiger partial charge in [-0.15, -0.1) is 11.3 Å². The molecule has 1 aromatic heterocycles. The fourth-order valence-corrected chi connectivity index (χ4v) is 3.91. The van der Waals surface area contributed by atoms with Gasteiger partial charge in [-0.2, -0.15) is 13.2 Å². The molecule has 1 amide bonds. The van der Waals surface area contributed by atoms with Crippen LogP contribution in [0.4, 0.5) is 18.3 Å². The van der Waals surface area contributed by atoms with Gasteiger partial charge in [-0.05, 0) is 30.5 Å². The minimum absolute atomic E-state index is 0.141. The lowest BCUT2D eigenvalue weighted by atomic mass is 9.99. The highest BCUT2D eigenvalue weighted by Crippen LogP contribution is 2.38. The minimum Gasteiger partial charge on any atom is -0.493 e. The van der Waals surface area contributed by atoms with Gasteiger partial charge in [-0.1, -0.05) is 36.4 Å². The van der Waals surface area contributed by atoms with E-state index < -0.39 is 11.7 Å². The van der Waals surface area contributed by atoms with Crippen molar-refractivity contribution in [2.75, 3.05) is 11.9 Å². The molecule has 0 atom stereocenters. The van der Waals surface area contributed by atoms with Crippen LogP contribution in [0.2, 0.25) is 0 Å². The number of nitrogens with one attached hydrogen (secondary N) is 1. The summed E-state index contributed by atoms with van der Waals surface area (Å²) in [5.74, 6) is -0.242. The second kappa shape index (κ2) is 8.31. The molecule has 2 aromatic carbocycles. The van der Waals surface area contributed by atoms with Crippen LogP contribution in [0, 0.1) is 0 Å². The normalized spacial score (nSPS) is 15.2. The monoisotopic (exact) mass is 430 g/mol. The van der Waals surface area contributed by atoms with Gasteiger partial charge in [0, 0.05) is 22.6 Å². The van der Waals surface area contributed by atoms with Crippen LogP contribution in [-0.4, -0.2) is 17.5 Å². The Morgan fingerprint density at radius 1 is 1.17 bits per heavy atom. The number of amides is 1. The fourth-order valence-electron chi connectivity index (χ4n) is 3.19. The number of halogens is 3. The molecule has 0 bridgehead atoms. The van der Waals surface area contributed by atoms with E-state index in [1.165, 1.54) is 23.5 Å². The van der Waals surface area contributed by atoms with Gasteiger partial charge in [0.05, 0.1) is 17.9 Å². The molecule has 1 N–H and O–H groups in total. The Balaban J connectivity index is 1.55. The maximum Gasteiger partial charge on any atom is 0.416 e. The number of ether oxygens (including phenoxy) is 1. The number of allylic oxidation sites excluding steroid dienone is 1. The molecule has 1 aliphatic rings. The number of nitrogens with zero attached hydrogens (tertiary/aromatic N) is 1. The van der Waals surface area contributed by atoms with Gasteiger partial charge in [0.2, 0.25) is 5.91 Å². The van der Waals surface area contributed by atoms with Crippen molar-refractivity contribution in [3.05, 3.63) is 71.1 Å². The molecule has 0 aliphatic carbocycles. The predicted octanol–water partition coefficient (Wildman–Crippen LogP) is 6.02. The number of benzene rings is 2. The number of rotatable bonds is 3. The maximum absolute atomic E-state index is 13.0. The minimum atomic E-state index is -4.45. The first-order valence-electron chi connectivity index (χ1n) is 9.27. The highest BCUT2D eigenvalue weighted by Gasteiger charge is 2.32. The molecule has 0 unspecified atom stereocenters. The Kier molecular flexibility index (Phi) is 5.59. The summed E-state index contributed by atoms with van der Waals surface area (Å²) in [5, 5.41) is 5.04. The van der Waals surface area contributed by atoms with Crippen LogP contribution in [-0.2, 0) is 11.0 Å². The van der Waals surface area contributed by atoms with Crippen molar-refractivity contribution in [1.29, 1.82) is 0 Å². The van der Waals surface area contributed by atoms with Crippen LogP contribution in [0.15, 0.2) is 60.0 Å². The highest BCUT2D eigenvalue weighted by atomic mass is 32.1. The lowest BCUT2D eigenvalue weighted by Gasteiger charge is -2.13. The van der Waals surface area contributed by atoms with Gasteiger partial charge >= 0.3 is 6.18 Å². The van der Waals surface area contributed by atoms with Crippen molar-refractivity contribution in [2.24, 2.45) is 0 Å². The van der Waals surface area contributed by atoms with E-state index in [-0.39, 0.29) is 11.7 Å². The third-order valence-corrected chi connectivity index (χ3v) is 5.37. The average molecular weight is 430 g/mol.